The number of nitrogens with zero attached hydrogens (tertiary/aromatic N) is 3. The first-order valence-corrected chi connectivity index (χ1v) is 10.9. The van der Waals surface area contributed by atoms with Crippen molar-refractivity contribution < 1.29 is 37.3 Å². The van der Waals surface area contributed by atoms with Crippen molar-refractivity contribution in [2.45, 2.75) is 44.6 Å². The minimum atomic E-state index is -5.08. The largest absolute Gasteiger partial charge is 0.490 e. The van der Waals surface area contributed by atoms with Gasteiger partial charge in [0, 0.05) is 38.3 Å². The number of halogens is 3. The highest BCUT2D eigenvalue weighted by Crippen LogP contribution is 2.33. The van der Waals surface area contributed by atoms with Gasteiger partial charge in [0.05, 0.1) is 11.7 Å². The Morgan fingerprint density at radius 1 is 1.18 bits per heavy atom. The molecule has 1 atom stereocenters. The van der Waals surface area contributed by atoms with Crippen LogP contribution in [0, 0.1) is 5.92 Å². The van der Waals surface area contributed by atoms with Crippen LogP contribution in [-0.4, -0.2) is 57.7 Å². The Balaban J connectivity index is 0.000000344. The normalized spacial score (nSPS) is 19.1. The summed E-state index contributed by atoms with van der Waals surface area (Å²) in [4.78, 5) is 23.2. The number of rotatable bonds is 6. The molecule has 2 aromatic rings. The van der Waals surface area contributed by atoms with E-state index in [1.807, 2.05) is 12.3 Å². The van der Waals surface area contributed by atoms with Gasteiger partial charge in [0.2, 0.25) is 12.7 Å². The van der Waals surface area contributed by atoms with Gasteiger partial charge >= 0.3 is 12.1 Å². The molecule has 1 aromatic carbocycles. The fourth-order valence-corrected chi connectivity index (χ4v) is 3.95. The summed E-state index contributed by atoms with van der Waals surface area (Å²) in [6, 6.07) is 8.51. The number of fused-ring (bicyclic) bond motifs is 2. The molecule has 34 heavy (non-hydrogen) atoms. The van der Waals surface area contributed by atoms with Crippen molar-refractivity contribution in [3.63, 3.8) is 0 Å². The summed E-state index contributed by atoms with van der Waals surface area (Å²) in [6.07, 6.45) is -0.232. The Kier molecular flexibility index (Phi) is 6.96. The molecule has 1 fully saturated rings. The number of ether oxygens (including phenoxy) is 2. The lowest BCUT2D eigenvalue weighted by Gasteiger charge is -2.34. The third-order valence-electron chi connectivity index (χ3n) is 5.76. The minimum absolute atomic E-state index is 0.212. The molecule has 12 heteroatoms. The molecule has 3 heterocycles. The maximum Gasteiger partial charge on any atom is 0.490 e. The van der Waals surface area contributed by atoms with E-state index in [0.29, 0.717) is 13.3 Å². The Labute approximate surface area is 193 Å². The van der Waals surface area contributed by atoms with Crippen molar-refractivity contribution in [1.29, 1.82) is 0 Å². The zero-order valence-electron chi connectivity index (χ0n) is 18.3. The molecule has 9 nitrogen and oxygen atoms in total. The van der Waals surface area contributed by atoms with Crippen LogP contribution in [0.3, 0.4) is 0 Å². The van der Waals surface area contributed by atoms with E-state index in [0.717, 1.165) is 50.4 Å². The number of carboxylic acid groups (broad SMARTS) is 1. The second-order valence-electron chi connectivity index (χ2n) is 8.44. The maximum absolute atomic E-state index is 11.9. The molecule has 0 radical (unpaired) electrons. The van der Waals surface area contributed by atoms with Gasteiger partial charge in [-0.3, -0.25) is 14.4 Å². The monoisotopic (exact) mass is 482 g/mol. The van der Waals surface area contributed by atoms with Crippen LogP contribution >= 0.6 is 0 Å². The lowest BCUT2D eigenvalue weighted by Crippen LogP contribution is -2.39. The second kappa shape index (κ2) is 9.92. The molecular weight excluding hydrogens is 457 g/mol. The predicted molar refractivity (Wildman–Crippen MR) is 112 cm³/mol. The van der Waals surface area contributed by atoms with Gasteiger partial charge in [-0.25, -0.2) is 4.79 Å². The van der Waals surface area contributed by atoms with Gasteiger partial charge in [-0.2, -0.15) is 18.3 Å². The highest BCUT2D eigenvalue weighted by molar-refractivity contribution is 5.80. The van der Waals surface area contributed by atoms with Crippen molar-refractivity contribution in [3.05, 3.63) is 41.7 Å². The molecule has 0 bridgehead atoms. The fourth-order valence-electron chi connectivity index (χ4n) is 3.95. The van der Waals surface area contributed by atoms with Crippen molar-refractivity contribution in [2.75, 3.05) is 19.9 Å². The Morgan fingerprint density at radius 2 is 1.91 bits per heavy atom. The number of aromatic nitrogens is 2. The van der Waals surface area contributed by atoms with Crippen LogP contribution in [0.4, 0.5) is 13.2 Å². The van der Waals surface area contributed by atoms with E-state index in [-0.39, 0.29) is 17.9 Å². The summed E-state index contributed by atoms with van der Waals surface area (Å²) >= 11 is 0. The number of carbonyl (C=O) groups excluding carboxylic acids is 1. The van der Waals surface area contributed by atoms with Crippen molar-refractivity contribution in [3.8, 4) is 11.5 Å². The molecule has 1 amide bonds. The minimum Gasteiger partial charge on any atom is -0.475 e. The number of alkyl halides is 3. The van der Waals surface area contributed by atoms with Gasteiger partial charge in [-0.05, 0) is 43.0 Å². The number of nitrogens with one attached hydrogen (secondary N) is 1. The third-order valence-corrected chi connectivity index (χ3v) is 5.76. The molecule has 2 aliphatic heterocycles. The average molecular weight is 482 g/mol. The molecular formula is C22H25F3N4O5. The zero-order valence-corrected chi connectivity index (χ0v) is 18.3. The van der Waals surface area contributed by atoms with E-state index < -0.39 is 12.1 Å². The van der Waals surface area contributed by atoms with Gasteiger partial charge in [-0.15, -0.1) is 0 Å². The van der Waals surface area contributed by atoms with Crippen LogP contribution in [0.1, 0.15) is 36.6 Å². The first kappa shape index (κ1) is 23.9. The highest BCUT2D eigenvalue weighted by atomic mass is 19.4. The predicted octanol–water partition coefficient (Wildman–Crippen LogP) is 2.72. The van der Waals surface area contributed by atoms with E-state index in [1.54, 1.807) is 0 Å². The zero-order chi connectivity index (χ0) is 24.3. The van der Waals surface area contributed by atoms with Crippen LogP contribution in [0.25, 0.3) is 0 Å². The first-order valence-electron chi connectivity index (χ1n) is 10.9. The summed E-state index contributed by atoms with van der Waals surface area (Å²) in [6.45, 7) is 3.65. The molecule has 5 rings (SSSR count). The van der Waals surface area contributed by atoms with Gasteiger partial charge in [-0.1, -0.05) is 6.07 Å². The standard InChI is InChI=1S/C20H24N4O3.C2HF3O2/c25-20(15-2-3-15)21-7-5-16-11-23(12-17-6-8-22-24(16)17)10-14-1-4-18-19(9-14)27-13-26-18;3-2(4,5)1(6)7/h1,4,6,8-9,15-16H,2-3,5,7,10-13H2,(H,21,25);(H,6,7). The van der Waals surface area contributed by atoms with Crippen molar-refractivity contribution >= 4 is 11.9 Å². The van der Waals surface area contributed by atoms with Gasteiger partial charge in [0.25, 0.3) is 0 Å². The third kappa shape index (κ3) is 5.99. The molecule has 184 valence electrons. The quantitative estimate of drug-likeness (QED) is 0.652. The summed E-state index contributed by atoms with van der Waals surface area (Å²) in [7, 11) is 0. The van der Waals surface area contributed by atoms with Crippen LogP contribution < -0.4 is 14.8 Å². The molecule has 1 saturated carbocycles. The smallest absolute Gasteiger partial charge is 0.475 e. The average Bonchev–Trinajstić information content (AvgIpc) is 3.34. The number of hydrogen-bond acceptors (Lipinski definition) is 6. The van der Waals surface area contributed by atoms with Crippen LogP contribution in [0.15, 0.2) is 30.5 Å². The number of hydrogen-bond donors (Lipinski definition) is 2. The molecule has 1 aromatic heterocycles. The van der Waals surface area contributed by atoms with Gasteiger partial charge < -0.3 is 19.9 Å². The second-order valence-corrected chi connectivity index (χ2v) is 8.44. The topological polar surface area (TPSA) is 106 Å². The number of aliphatic carboxylic acids is 1. The molecule has 3 aliphatic rings. The number of carbonyl (C=O) groups is 2. The maximum atomic E-state index is 11.9. The Hall–Kier alpha value is -3.28. The number of carboxylic acids is 1. The van der Waals surface area contributed by atoms with E-state index in [4.69, 9.17) is 19.4 Å². The molecule has 0 saturated heterocycles. The lowest BCUT2D eigenvalue weighted by atomic mass is 10.1. The number of benzene rings is 1. The van der Waals surface area contributed by atoms with E-state index in [1.165, 1.54) is 11.3 Å². The van der Waals surface area contributed by atoms with E-state index in [2.05, 4.69) is 38.2 Å². The lowest BCUT2D eigenvalue weighted by molar-refractivity contribution is -0.192. The van der Waals surface area contributed by atoms with Crippen molar-refractivity contribution in [2.24, 2.45) is 5.92 Å². The SMILES string of the molecule is O=C(NCCC1CN(Cc2ccc3c(c2)OCO3)Cc2ccnn21)C1CC1.O=C(O)C(F)(F)F. The summed E-state index contributed by atoms with van der Waals surface area (Å²) in [5, 5.41) is 14.7. The van der Waals surface area contributed by atoms with Crippen LogP contribution in [-0.2, 0) is 22.7 Å². The van der Waals surface area contributed by atoms with Crippen LogP contribution in [0.5, 0.6) is 11.5 Å². The molecule has 0 spiro atoms. The molecule has 1 unspecified atom stereocenters. The van der Waals surface area contributed by atoms with E-state index >= 15 is 0 Å². The van der Waals surface area contributed by atoms with Gasteiger partial charge in [0.15, 0.2) is 11.5 Å². The fraction of sp³-hybridized carbons (Fsp3) is 0.500. The Morgan fingerprint density at radius 3 is 2.62 bits per heavy atom. The summed E-state index contributed by atoms with van der Waals surface area (Å²) in [5.74, 6) is -0.635. The van der Waals surface area contributed by atoms with Crippen LogP contribution in [0.2, 0.25) is 0 Å². The number of amides is 1. The molecule has 2 N–H and O–H groups in total. The Bertz CT molecular complexity index is 1040. The van der Waals surface area contributed by atoms with E-state index in [9.17, 15) is 18.0 Å². The molecule has 1 aliphatic carbocycles. The first-order chi connectivity index (χ1) is 16.2. The summed E-state index contributed by atoms with van der Waals surface area (Å²) in [5.41, 5.74) is 2.44. The highest BCUT2D eigenvalue weighted by Gasteiger charge is 2.38. The van der Waals surface area contributed by atoms with Crippen molar-refractivity contribution in [1.82, 2.24) is 20.0 Å². The summed E-state index contributed by atoms with van der Waals surface area (Å²) < 4.78 is 44.8. The van der Waals surface area contributed by atoms with Gasteiger partial charge in [0.1, 0.15) is 0 Å².